The lowest BCUT2D eigenvalue weighted by Crippen LogP contribution is -2.01. The molecule has 3 nitrogen and oxygen atoms in total. The molecule has 72 valence electrons. The summed E-state index contributed by atoms with van der Waals surface area (Å²) in [7, 11) is 0. The minimum Gasteiger partial charge on any atom is -0.365 e. The second kappa shape index (κ2) is 4.19. The molecule has 0 spiro atoms. The number of nitrogens with zero attached hydrogens (tertiary/aromatic N) is 2. The van der Waals surface area contributed by atoms with Gasteiger partial charge in [-0.05, 0) is 28.8 Å². The van der Waals surface area contributed by atoms with E-state index in [1.807, 2.05) is 0 Å². The van der Waals surface area contributed by atoms with Crippen LogP contribution in [0.15, 0.2) is 29.4 Å². The maximum absolute atomic E-state index is 4.14. The molecular formula is C10H11N3S. The molecule has 0 saturated carbocycles. The van der Waals surface area contributed by atoms with Crippen molar-refractivity contribution in [1.29, 1.82) is 0 Å². The SMILES string of the molecule is Cc1cscc1CNc1cnccn1. The van der Waals surface area contributed by atoms with Crippen LogP contribution in [0.2, 0.25) is 0 Å². The normalized spacial score (nSPS) is 10.1. The lowest BCUT2D eigenvalue weighted by Gasteiger charge is -2.03. The molecule has 2 rings (SSSR count). The summed E-state index contributed by atoms with van der Waals surface area (Å²) in [4.78, 5) is 8.12. The van der Waals surface area contributed by atoms with Gasteiger partial charge in [-0.15, -0.1) is 0 Å². The Morgan fingerprint density at radius 3 is 2.93 bits per heavy atom. The van der Waals surface area contributed by atoms with Crippen LogP contribution in [0.4, 0.5) is 5.82 Å². The zero-order valence-electron chi connectivity index (χ0n) is 7.90. The maximum Gasteiger partial charge on any atom is 0.144 e. The Morgan fingerprint density at radius 2 is 2.29 bits per heavy atom. The van der Waals surface area contributed by atoms with E-state index in [9.17, 15) is 0 Å². The van der Waals surface area contributed by atoms with Crippen molar-refractivity contribution in [2.75, 3.05) is 5.32 Å². The minimum atomic E-state index is 0.814. The van der Waals surface area contributed by atoms with Gasteiger partial charge >= 0.3 is 0 Å². The fourth-order valence-corrected chi connectivity index (χ4v) is 2.00. The number of thiophene rings is 1. The Labute approximate surface area is 86.8 Å². The van der Waals surface area contributed by atoms with Crippen LogP contribution in [0.25, 0.3) is 0 Å². The topological polar surface area (TPSA) is 37.8 Å². The summed E-state index contributed by atoms with van der Waals surface area (Å²) < 4.78 is 0. The zero-order valence-corrected chi connectivity index (χ0v) is 8.71. The van der Waals surface area contributed by atoms with Crippen molar-refractivity contribution in [3.63, 3.8) is 0 Å². The van der Waals surface area contributed by atoms with E-state index < -0.39 is 0 Å². The highest BCUT2D eigenvalue weighted by Gasteiger charge is 1.98. The predicted octanol–water partition coefficient (Wildman–Crippen LogP) is 2.46. The molecule has 2 aromatic rings. The average molecular weight is 205 g/mol. The second-order valence-corrected chi connectivity index (χ2v) is 3.77. The van der Waals surface area contributed by atoms with Gasteiger partial charge in [-0.1, -0.05) is 0 Å². The standard InChI is InChI=1S/C10H11N3S/c1-8-6-14-7-9(8)4-13-10-5-11-2-3-12-10/h2-3,5-7H,4H2,1H3,(H,12,13). The molecule has 0 fully saturated rings. The summed E-state index contributed by atoms with van der Waals surface area (Å²) in [5, 5.41) is 7.52. The third-order valence-corrected chi connectivity index (χ3v) is 2.89. The van der Waals surface area contributed by atoms with Crippen molar-refractivity contribution >= 4 is 17.2 Å². The Balaban J connectivity index is 1.99. The molecule has 0 amide bonds. The van der Waals surface area contributed by atoms with Gasteiger partial charge in [0, 0.05) is 18.9 Å². The molecule has 14 heavy (non-hydrogen) atoms. The van der Waals surface area contributed by atoms with Gasteiger partial charge in [-0.3, -0.25) is 4.98 Å². The molecule has 1 N–H and O–H groups in total. The number of hydrogen-bond donors (Lipinski definition) is 1. The van der Waals surface area contributed by atoms with Gasteiger partial charge in [-0.2, -0.15) is 11.3 Å². The van der Waals surface area contributed by atoms with Gasteiger partial charge in [-0.25, -0.2) is 4.98 Å². The lowest BCUT2D eigenvalue weighted by molar-refractivity contribution is 1.08. The van der Waals surface area contributed by atoms with Crippen molar-refractivity contribution in [1.82, 2.24) is 9.97 Å². The first kappa shape index (κ1) is 9.15. The van der Waals surface area contributed by atoms with E-state index in [2.05, 4.69) is 33.0 Å². The first-order valence-corrected chi connectivity index (χ1v) is 5.32. The van der Waals surface area contributed by atoms with Gasteiger partial charge in [0.1, 0.15) is 5.82 Å². The fourth-order valence-electron chi connectivity index (χ4n) is 1.14. The van der Waals surface area contributed by atoms with Gasteiger partial charge in [0.05, 0.1) is 6.20 Å². The van der Waals surface area contributed by atoms with Crippen LogP contribution in [0.1, 0.15) is 11.1 Å². The summed E-state index contributed by atoms with van der Waals surface area (Å²) in [5.74, 6) is 0.818. The molecule has 0 aromatic carbocycles. The summed E-state index contributed by atoms with van der Waals surface area (Å²) in [5.41, 5.74) is 2.65. The number of hydrogen-bond acceptors (Lipinski definition) is 4. The summed E-state index contributed by atoms with van der Waals surface area (Å²) >= 11 is 1.73. The minimum absolute atomic E-state index is 0.814. The lowest BCUT2D eigenvalue weighted by atomic mass is 10.2. The van der Waals surface area contributed by atoms with E-state index in [0.717, 1.165) is 12.4 Å². The van der Waals surface area contributed by atoms with Crippen molar-refractivity contribution < 1.29 is 0 Å². The average Bonchev–Trinajstić information content (AvgIpc) is 2.63. The molecule has 0 aliphatic heterocycles. The molecule has 4 heteroatoms. The van der Waals surface area contributed by atoms with Gasteiger partial charge in [0.15, 0.2) is 0 Å². The third kappa shape index (κ3) is 2.09. The third-order valence-electron chi connectivity index (χ3n) is 1.98. The van der Waals surface area contributed by atoms with Crippen LogP contribution in [0, 0.1) is 6.92 Å². The van der Waals surface area contributed by atoms with Crippen LogP contribution in [-0.4, -0.2) is 9.97 Å². The monoisotopic (exact) mass is 205 g/mol. The summed E-state index contributed by atoms with van der Waals surface area (Å²) in [6.45, 7) is 2.93. The predicted molar refractivity (Wildman–Crippen MR) is 58.4 cm³/mol. The van der Waals surface area contributed by atoms with Crippen LogP contribution in [0.3, 0.4) is 0 Å². The summed E-state index contributed by atoms with van der Waals surface area (Å²) in [6, 6.07) is 0. The molecule has 0 unspecified atom stereocenters. The van der Waals surface area contributed by atoms with Crippen LogP contribution < -0.4 is 5.32 Å². The van der Waals surface area contributed by atoms with Crippen molar-refractivity contribution in [3.05, 3.63) is 40.5 Å². The Morgan fingerprint density at radius 1 is 1.36 bits per heavy atom. The van der Waals surface area contributed by atoms with E-state index >= 15 is 0 Å². The highest BCUT2D eigenvalue weighted by Crippen LogP contribution is 2.14. The fraction of sp³-hybridized carbons (Fsp3) is 0.200. The molecule has 0 atom stereocenters. The molecular weight excluding hydrogens is 194 g/mol. The van der Waals surface area contributed by atoms with Crippen LogP contribution >= 0.6 is 11.3 Å². The van der Waals surface area contributed by atoms with E-state index in [1.165, 1.54) is 11.1 Å². The van der Waals surface area contributed by atoms with Crippen LogP contribution in [-0.2, 0) is 6.54 Å². The largest absolute Gasteiger partial charge is 0.365 e. The Bertz CT molecular complexity index is 397. The highest BCUT2D eigenvalue weighted by molar-refractivity contribution is 7.08. The van der Waals surface area contributed by atoms with Crippen LogP contribution in [0.5, 0.6) is 0 Å². The quantitative estimate of drug-likeness (QED) is 0.836. The molecule has 2 aromatic heterocycles. The Hall–Kier alpha value is -1.42. The number of anilines is 1. The number of rotatable bonds is 3. The number of nitrogens with one attached hydrogen (secondary N) is 1. The maximum atomic E-state index is 4.14. The number of aryl methyl sites for hydroxylation is 1. The zero-order chi connectivity index (χ0) is 9.80. The smallest absolute Gasteiger partial charge is 0.144 e. The van der Waals surface area contributed by atoms with E-state index in [4.69, 9.17) is 0 Å². The molecule has 0 saturated heterocycles. The van der Waals surface area contributed by atoms with E-state index in [-0.39, 0.29) is 0 Å². The van der Waals surface area contributed by atoms with Crippen molar-refractivity contribution in [2.24, 2.45) is 0 Å². The highest BCUT2D eigenvalue weighted by atomic mass is 32.1. The first-order chi connectivity index (χ1) is 6.86. The number of aromatic nitrogens is 2. The van der Waals surface area contributed by atoms with E-state index in [1.54, 1.807) is 29.9 Å². The molecule has 0 radical (unpaired) electrons. The molecule has 2 heterocycles. The van der Waals surface area contributed by atoms with E-state index in [0.29, 0.717) is 0 Å². The molecule has 0 bridgehead atoms. The molecule has 0 aliphatic rings. The second-order valence-electron chi connectivity index (χ2n) is 3.02. The van der Waals surface area contributed by atoms with Gasteiger partial charge < -0.3 is 5.32 Å². The van der Waals surface area contributed by atoms with Crippen molar-refractivity contribution in [2.45, 2.75) is 13.5 Å². The summed E-state index contributed by atoms with van der Waals surface area (Å²) in [6.07, 6.45) is 5.07. The van der Waals surface area contributed by atoms with Crippen molar-refractivity contribution in [3.8, 4) is 0 Å². The van der Waals surface area contributed by atoms with Gasteiger partial charge in [0.25, 0.3) is 0 Å². The Kier molecular flexibility index (Phi) is 2.74. The first-order valence-electron chi connectivity index (χ1n) is 4.38. The molecule has 0 aliphatic carbocycles. The van der Waals surface area contributed by atoms with Gasteiger partial charge in [0.2, 0.25) is 0 Å².